The highest BCUT2D eigenvalue weighted by Gasteiger charge is 2.26. The lowest BCUT2D eigenvalue weighted by Gasteiger charge is -2.31. The molecular formula is C12H23N3O3S. The minimum atomic E-state index is -0.124. The maximum atomic E-state index is 11.9. The summed E-state index contributed by atoms with van der Waals surface area (Å²) in [5.41, 5.74) is 2.17. The van der Waals surface area contributed by atoms with Crippen LogP contribution in [-0.2, 0) is 14.3 Å². The second-order valence-corrected chi connectivity index (χ2v) is 5.67. The molecule has 1 aliphatic heterocycles. The van der Waals surface area contributed by atoms with Crippen LogP contribution < -0.4 is 11.3 Å². The third kappa shape index (κ3) is 5.80. The van der Waals surface area contributed by atoms with Crippen LogP contribution in [0.3, 0.4) is 0 Å². The molecule has 0 aromatic rings. The van der Waals surface area contributed by atoms with Crippen molar-refractivity contribution in [1.29, 1.82) is 0 Å². The van der Waals surface area contributed by atoms with E-state index in [0.717, 1.165) is 18.8 Å². The molecule has 0 radical (unpaired) electrons. The number of methoxy groups -OCH3 is 1. The van der Waals surface area contributed by atoms with Crippen LogP contribution in [0.5, 0.6) is 0 Å². The standard InChI is InChI=1S/C12H23N3O3S/c1-18-7-2-8-19-9-11(16)15-5-3-10(4-6-15)12(17)14-13/h10H,2-9,13H2,1H3,(H,14,17). The first-order valence-electron chi connectivity index (χ1n) is 6.54. The quantitative estimate of drug-likeness (QED) is 0.298. The van der Waals surface area contributed by atoms with Gasteiger partial charge in [-0.25, -0.2) is 5.84 Å². The molecule has 3 N–H and O–H groups in total. The Bertz CT molecular complexity index is 294. The van der Waals surface area contributed by atoms with Crippen molar-refractivity contribution in [3.8, 4) is 0 Å². The number of nitrogens with zero attached hydrogens (tertiary/aromatic N) is 1. The molecule has 0 saturated carbocycles. The maximum absolute atomic E-state index is 11.9. The molecular weight excluding hydrogens is 266 g/mol. The molecule has 1 fully saturated rings. The molecule has 19 heavy (non-hydrogen) atoms. The second-order valence-electron chi connectivity index (χ2n) is 4.56. The number of hydrogen-bond donors (Lipinski definition) is 2. The van der Waals surface area contributed by atoms with Crippen LogP contribution in [0.4, 0.5) is 0 Å². The molecule has 0 atom stereocenters. The molecule has 1 aliphatic rings. The van der Waals surface area contributed by atoms with Crippen LogP contribution in [0.25, 0.3) is 0 Å². The van der Waals surface area contributed by atoms with E-state index in [0.29, 0.717) is 31.7 Å². The molecule has 0 aromatic carbocycles. The van der Waals surface area contributed by atoms with E-state index in [-0.39, 0.29) is 17.7 Å². The number of carbonyl (C=O) groups excluding carboxylic acids is 2. The number of piperidine rings is 1. The Hall–Kier alpha value is -0.790. The molecule has 0 spiro atoms. The van der Waals surface area contributed by atoms with Crippen molar-refractivity contribution in [1.82, 2.24) is 10.3 Å². The third-order valence-corrected chi connectivity index (χ3v) is 4.25. The van der Waals surface area contributed by atoms with Gasteiger partial charge in [0.25, 0.3) is 0 Å². The molecule has 1 rings (SSSR count). The number of likely N-dealkylation sites (tertiary alicyclic amines) is 1. The highest BCUT2D eigenvalue weighted by molar-refractivity contribution is 7.99. The Morgan fingerprint density at radius 3 is 2.68 bits per heavy atom. The predicted octanol–water partition coefficient (Wildman–Crippen LogP) is -0.0154. The summed E-state index contributed by atoms with van der Waals surface area (Å²) >= 11 is 1.64. The number of carbonyl (C=O) groups is 2. The first kappa shape index (κ1) is 16.3. The van der Waals surface area contributed by atoms with Crippen molar-refractivity contribution in [2.45, 2.75) is 19.3 Å². The summed E-state index contributed by atoms with van der Waals surface area (Å²) in [5.74, 6) is 6.54. The first-order valence-corrected chi connectivity index (χ1v) is 7.69. The Morgan fingerprint density at radius 1 is 1.42 bits per heavy atom. The summed E-state index contributed by atoms with van der Waals surface area (Å²) in [6.07, 6.45) is 2.36. The number of hydrogen-bond acceptors (Lipinski definition) is 5. The van der Waals surface area contributed by atoms with Crippen molar-refractivity contribution in [2.75, 3.05) is 38.3 Å². The van der Waals surface area contributed by atoms with Crippen molar-refractivity contribution < 1.29 is 14.3 Å². The second kappa shape index (κ2) is 9.17. The lowest BCUT2D eigenvalue weighted by Crippen LogP contribution is -2.45. The van der Waals surface area contributed by atoms with Crippen LogP contribution in [0.15, 0.2) is 0 Å². The Morgan fingerprint density at radius 2 is 2.11 bits per heavy atom. The molecule has 0 bridgehead atoms. The molecule has 0 aromatic heterocycles. The zero-order valence-corrected chi connectivity index (χ0v) is 12.2. The van der Waals surface area contributed by atoms with Gasteiger partial charge in [-0.1, -0.05) is 0 Å². The van der Waals surface area contributed by atoms with E-state index < -0.39 is 0 Å². The smallest absolute Gasteiger partial charge is 0.237 e. The van der Waals surface area contributed by atoms with Gasteiger partial charge in [0, 0.05) is 32.7 Å². The van der Waals surface area contributed by atoms with Crippen LogP contribution in [0.1, 0.15) is 19.3 Å². The number of rotatable bonds is 7. The van der Waals surface area contributed by atoms with Crippen LogP contribution >= 0.6 is 11.8 Å². The summed E-state index contributed by atoms with van der Waals surface area (Å²) in [5, 5.41) is 0. The van der Waals surface area contributed by atoms with Crippen molar-refractivity contribution in [3.63, 3.8) is 0 Å². The van der Waals surface area contributed by atoms with Gasteiger partial charge in [0.1, 0.15) is 0 Å². The van der Waals surface area contributed by atoms with Gasteiger partial charge in [0.05, 0.1) is 5.75 Å². The van der Waals surface area contributed by atoms with Crippen molar-refractivity contribution in [3.05, 3.63) is 0 Å². The molecule has 2 amide bonds. The molecule has 1 heterocycles. The summed E-state index contributed by atoms with van der Waals surface area (Å²) in [6, 6.07) is 0. The molecule has 7 heteroatoms. The van der Waals surface area contributed by atoms with E-state index in [1.165, 1.54) is 0 Å². The van der Waals surface area contributed by atoms with E-state index in [2.05, 4.69) is 5.43 Å². The highest BCUT2D eigenvalue weighted by Crippen LogP contribution is 2.18. The van der Waals surface area contributed by atoms with Crippen LogP contribution in [0.2, 0.25) is 0 Å². The van der Waals surface area contributed by atoms with Gasteiger partial charge in [-0.2, -0.15) is 11.8 Å². The average molecular weight is 289 g/mol. The number of nitrogens with two attached hydrogens (primary N) is 1. The summed E-state index contributed by atoms with van der Waals surface area (Å²) in [6.45, 7) is 2.03. The van der Waals surface area contributed by atoms with Gasteiger partial charge in [-0.3, -0.25) is 15.0 Å². The molecule has 110 valence electrons. The topological polar surface area (TPSA) is 84.7 Å². The molecule has 0 aliphatic carbocycles. The largest absolute Gasteiger partial charge is 0.385 e. The number of hydrazine groups is 1. The van der Waals surface area contributed by atoms with Crippen molar-refractivity contribution in [2.24, 2.45) is 11.8 Å². The van der Waals surface area contributed by atoms with Gasteiger partial charge in [-0.05, 0) is 25.0 Å². The predicted molar refractivity (Wildman–Crippen MR) is 75.5 cm³/mol. The Kier molecular flexibility index (Phi) is 7.85. The van der Waals surface area contributed by atoms with Gasteiger partial charge >= 0.3 is 0 Å². The van der Waals surface area contributed by atoms with E-state index >= 15 is 0 Å². The average Bonchev–Trinajstić information content (AvgIpc) is 2.46. The van der Waals surface area contributed by atoms with E-state index in [9.17, 15) is 9.59 Å². The monoisotopic (exact) mass is 289 g/mol. The number of ether oxygens (including phenoxy) is 1. The van der Waals surface area contributed by atoms with Gasteiger partial charge in [-0.15, -0.1) is 0 Å². The van der Waals surface area contributed by atoms with Crippen LogP contribution in [-0.4, -0.2) is 55.0 Å². The zero-order valence-electron chi connectivity index (χ0n) is 11.4. The molecule has 0 unspecified atom stereocenters. The normalized spacial score (nSPS) is 16.4. The number of amides is 2. The third-order valence-electron chi connectivity index (χ3n) is 3.22. The van der Waals surface area contributed by atoms with E-state index in [4.69, 9.17) is 10.6 Å². The van der Waals surface area contributed by atoms with Gasteiger partial charge < -0.3 is 9.64 Å². The van der Waals surface area contributed by atoms with Gasteiger partial charge in [0.15, 0.2) is 0 Å². The summed E-state index contributed by atoms with van der Waals surface area (Å²) in [4.78, 5) is 25.1. The lowest BCUT2D eigenvalue weighted by atomic mass is 9.96. The highest BCUT2D eigenvalue weighted by atomic mass is 32.2. The number of nitrogens with one attached hydrogen (secondary N) is 1. The summed E-state index contributed by atoms with van der Waals surface area (Å²) in [7, 11) is 1.68. The summed E-state index contributed by atoms with van der Waals surface area (Å²) < 4.78 is 4.95. The first-order chi connectivity index (χ1) is 9.19. The van der Waals surface area contributed by atoms with Crippen LogP contribution in [0, 0.1) is 5.92 Å². The fourth-order valence-electron chi connectivity index (χ4n) is 2.07. The zero-order chi connectivity index (χ0) is 14.1. The fourth-order valence-corrected chi connectivity index (χ4v) is 2.89. The fraction of sp³-hybridized carbons (Fsp3) is 0.833. The molecule has 6 nitrogen and oxygen atoms in total. The number of thioether (sulfide) groups is 1. The lowest BCUT2D eigenvalue weighted by molar-refractivity contribution is -0.133. The van der Waals surface area contributed by atoms with E-state index in [1.807, 2.05) is 4.90 Å². The van der Waals surface area contributed by atoms with E-state index in [1.54, 1.807) is 18.9 Å². The van der Waals surface area contributed by atoms with Crippen molar-refractivity contribution >= 4 is 23.6 Å². The maximum Gasteiger partial charge on any atom is 0.237 e. The minimum Gasteiger partial charge on any atom is -0.385 e. The van der Waals surface area contributed by atoms with Gasteiger partial charge in [0.2, 0.25) is 11.8 Å². The molecule has 1 saturated heterocycles. The Labute approximate surface area is 118 Å². The minimum absolute atomic E-state index is 0.0524. The Balaban J connectivity index is 2.16. The SMILES string of the molecule is COCCCSCC(=O)N1CCC(C(=O)NN)CC1.